The van der Waals surface area contributed by atoms with E-state index in [4.69, 9.17) is 4.99 Å². The second-order valence-corrected chi connectivity index (χ2v) is 8.14. The van der Waals surface area contributed by atoms with Crippen LogP contribution in [0, 0.1) is 0 Å². The molecule has 130 valence electrons. The Balaban J connectivity index is 1.75. The van der Waals surface area contributed by atoms with Crippen LogP contribution in [0.15, 0.2) is 53.7 Å². The SMILES string of the molecule is CC[C@H]1CSC2=N[C@@H](c3ccccn3)[C@@H](c3ccc(C(C)C)cc3)N21. The molecular weight excluding hydrogens is 326 g/mol. The van der Waals surface area contributed by atoms with Gasteiger partial charge in [0.05, 0.1) is 11.7 Å². The molecule has 0 amide bonds. The molecule has 0 aliphatic carbocycles. The number of thioether (sulfide) groups is 1. The molecule has 4 heteroatoms. The molecule has 3 heterocycles. The highest BCUT2D eigenvalue weighted by Crippen LogP contribution is 2.48. The zero-order valence-corrected chi connectivity index (χ0v) is 15.9. The third-order valence-electron chi connectivity index (χ3n) is 5.27. The molecule has 1 fully saturated rings. The van der Waals surface area contributed by atoms with Gasteiger partial charge in [-0.3, -0.25) is 9.98 Å². The van der Waals surface area contributed by atoms with E-state index in [-0.39, 0.29) is 12.1 Å². The summed E-state index contributed by atoms with van der Waals surface area (Å²) in [6.07, 6.45) is 3.03. The van der Waals surface area contributed by atoms with E-state index in [1.54, 1.807) is 0 Å². The van der Waals surface area contributed by atoms with Gasteiger partial charge in [0.25, 0.3) is 0 Å². The number of fused-ring (bicyclic) bond motifs is 1. The van der Waals surface area contributed by atoms with E-state index >= 15 is 0 Å². The van der Waals surface area contributed by atoms with Crippen molar-refractivity contribution in [2.24, 2.45) is 4.99 Å². The van der Waals surface area contributed by atoms with Crippen molar-refractivity contribution in [2.45, 2.75) is 51.2 Å². The molecule has 0 saturated carbocycles. The number of hydrogen-bond donors (Lipinski definition) is 0. The first-order chi connectivity index (χ1) is 12.2. The lowest BCUT2D eigenvalue weighted by Crippen LogP contribution is -2.35. The maximum Gasteiger partial charge on any atom is 0.160 e. The number of nitrogens with zero attached hydrogens (tertiary/aromatic N) is 3. The van der Waals surface area contributed by atoms with Gasteiger partial charge in [-0.05, 0) is 35.6 Å². The molecule has 2 aliphatic rings. The van der Waals surface area contributed by atoms with E-state index in [0.717, 1.165) is 17.9 Å². The van der Waals surface area contributed by atoms with Gasteiger partial charge in [-0.1, -0.05) is 62.9 Å². The first-order valence-electron chi connectivity index (χ1n) is 9.18. The van der Waals surface area contributed by atoms with Crippen LogP contribution in [0.4, 0.5) is 0 Å². The Morgan fingerprint density at radius 3 is 2.60 bits per heavy atom. The third kappa shape index (κ3) is 2.97. The minimum absolute atomic E-state index is 0.0861. The molecule has 3 nitrogen and oxygen atoms in total. The Morgan fingerprint density at radius 2 is 1.96 bits per heavy atom. The summed E-state index contributed by atoms with van der Waals surface area (Å²) in [6, 6.07) is 16.2. The van der Waals surface area contributed by atoms with Crippen molar-refractivity contribution in [1.29, 1.82) is 0 Å². The molecule has 1 saturated heterocycles. The van der Waals surface area contributed by atoms with E-state index in [0.29, 0.717) is 12.0 Å². The predicted octanol–water partition coefficient (Wildman–Crippen LogP) is 5.18. The van der Waals surface area contributed by atoms with E-state index in [1.165, 1.54) is 16.3 Å². The number of hydrogen-bond acceptors (Lipinski definition) is 4. The fraction of sp³-hybridized carbons (Fsp3) is 0.429. The quantitative estimate of drug-likeness (QED) is 0.759. The van der Waals surface area contributed by atoms with Gasteiger partial charge in [0.15, 0.2) is 5.17 Å². The van der Waals surface area contributed by atoms with Gasteiger partial charge in [0, 0.05) is 18.0 Å². The molecule has 0 spiro atoms. The van der Waals surface area contributed by atoms with Crippen LogP contribution in [-0.2, 0) is 0 Å². The van der Waals surface area contributed by atoms with Crippen LogP contribution in [0.5, 0.6) is 0 Å². The lowest BCUT2D eigenvalue weighted by atomic mass is 9.93. The molecule has 3 atom stereocenters. The molecular formula is C21H25N3S. The van der Waals surface area contributed by atoms with E-state index in [1.807, 2.05) is 24.0 Å². The maximum atomic E-state index is 5.08. The minimum atomic E-state index is 0.0861. The first kappa shape index (κ1) is 16.6. The number of amidine groups is 1. The second-order valence-electron chi connectivity index (χ2n) is 7.16. The van der Waals surface area contributed by atoms with E-state index in [2.05, 4.69) is 67.1 Å². The van der Waals surface area contributed by atoms with Crippen LogP contribution < -0.4 is 0 Å². The largest absolute Gasteiger partial charge is 0.338 e. The molecule has 2 aromatic rings. The summed E-state index contributed by atoms with van der Waals surface area (Å²) in [5, 5.41) is 1.19. The number of aromatic nitrogens is 1. The molecule has 25 heavy (non-hydrogen) atoms. The number of pyridine rings is 1. The molecule has 4 rings (SSSR count). The van der Waals surface area contributed by atoms with Gasteiger partial charge in [-0.25, -0.2) is 0 Å². The van der Waals surface area contributed by atoms with Crippen molar-refractivity contribution in [2.75, 3.05) is 5.75 Å². The normalized spacial score (nSPS) is 25.4. The van der Waals surface area contributed by atoms with Crippen LogP contribution in [-0.4, -0.2) is 26.8 Å². The predicted molar refractivity (Wildman–Crippen MR) is 106 cm³/mol. The highest BCUT2D eigenvalue weighted by atomic mass is 32.2. The fourth-order valence-electron chi connectivity index (χ4n) is 3.79. The highest BCUT2D eigenvalue weighted by molar-refractivity contribution is 8.14. The first-order valence-corrected chi connectivity index (χ1v) is 10.2. The van der Waals surface area contributed by atoms with Gasteiger partial charge >= 0.3 is 0 Å². The molecule has 0 bridgehead atoms. The molecule has 0 radical (unpaired) electrons. The van der Waals surface area contributed by atoms with Gasteiger partial charge < -0.3 is 4.90 Å². The van der Waals surface area contributed by atoms with Crippen molar-refractivity contribution in [3.8, 4) is 0 Å². The van der Waals surface area contributed by atoms with E-state index < -0.39 is 0 Å². The molecule has 1 aromatic carbocycles. The Morgan fingerprint density at radius 1 is 1.16 bits per heavy atom. The molecule has 0 N–H and O–H groups in total. The average molecular weight is 352 g/mol. The zero-order chi connectivity index (χ0) is 17.4. The summed E-state index contributed by atoms with van der Waals surface area (Å²) >= 11 is 1.90. The zero-order valence-electron chi connectivity index (χ0n) is 15.1. The van der Waals surface area contributed by atoms with Gasteiger partial charge in [-0.15, -0.1) is 0 Å². The Hall–Kier alpha value is -1.81. The van der Waals surface area contributed by atoms with Gasteiger partial charge in [0.2, 0.25) is 0 Å². The highest BCUT2D eigenvalue weighted by Gasteiger charge is 2.45. The van der Waals surface area contributed by atoms with Crippen molar-refractivity contribution in [3.63, 3.8) is 0 Å². The summed E-state index contributed by atoms with van der Waals surface area (Å²) in [6.45, 7) is 6.76. The number of benzene rings is 1. The van der Waals surface area contributed by atoms with Crippen LogP contribution in [0.1, 0.15) is 62.0 Å². The Kier molecular flexibility index (Phi) is 4.55. The van der Waals surface area contributed by atoms with Crippen molar-refractivity contribution in [3.05, 3.63) is 65.5 Å². The third-order valence-corrected chi connectivity index (χ3v) is 6.40. The molecule has 2 aliphatic heterocycles. The van der Waals surface area contributed by atoms with Crippen molar-refractivity contribution >= 4 is 16.9 Å². The minimum Gasteiger partial charge on any atom is -0.338 e. The van der Waals surface area contributed by atoms with Crippen LogP contribution in [0.25, 0.3) is 0 Å². The maximum absolute atomic E-state index is 5.08. The smallest absolute Gasteiger partial charge is 0.160 e. The standard InChI is InChI=1S/C21H25N3S/c1-4-17-13-25-21-23-19(18-7-5-6-12-22-18)20(24(17)21)16-10-8-15(9-11-16)14(2)3/h5-12,14,17,19-20H,4,13H2,1-3H3/t17-,19-,20+/m0/s1. The molecule has 1 aromatic heterocycles. The van der Waals surface area contributed by atoms with E-state index in [9.17, 15) is 0 Å². The fourth-order valence-corrected chi connectivity index (χ4v) is 5.13. The Bertz CT molecular complexity index is 754. The van der Waals surface area contributed by atoms with Crippen molar-refractivity contribution in [1.82, 2.24) is 9.88 Å². The average Bonchev–Trinajstić information content (AvgIpc) is 3.21. The molecule has 0 unspecified atom stereocenters. The number of aliphatic imine (C=N–C) groups is 1. The van der Waals surface area contributed by atoms with Crippen molar-refractivity contribution < 1.29 is 0 Å². The monoisotopic (exact) mass is 351 g/mol. The lowest BCUT2D eigenvalue weighted by molar-refractivity contribution is 0.255. The summed E-state index contributed by atoms with van der Waals surface area (Å²) < 4.78 is 0. The summed E-state index contributed by atoms with van der Waals surface area (Å²) in [5.41, 5.74) is 3.80. The van der Waals surface area contributed by atoms with Crippen LogP contribution in [0.2, 0.25) is 0 Å². The summed E-state index contributed by atoms with van der Waals surface area (Å²) in [4.78, 5) is 12.2. The number of rotatable bonds is 4. The summed E-state index contributed by atoms with van der Waals surface area (Å²) in [5.74, 6) is 1.70. The van der Waals surface area contributed by atoms with Crippen LogP contribution in [0.3, 0.4) is 0 Å². The topological polar surface area (TPSA) is 28.5 Å². The van der Waals surface area contributed by atoms with Gasteiger partial charge in [-0.2, -0.15) is 0 Å². The lowest BCUT2D eigenvalue weighted by Gasteiger charge is -2.32. The second kappa shape index (κ2) is 6.83. The van der Waals surface area contributed by atoms with Gasteiger partial charge in [0.1, 0.15) is 6.04 Å². The Labute approximate surface area is 154 Å². The van der Waals surface area contributed by atoms with Crippen LogP contribution >= 0.6 is 11.8 Å². The summed E-state index contributed by atoms with van der Waals surface area (Å²) in [7, 11) is 0.